The van der Waals surface area contributed by atoms with Crippen molar-refractivity contribution in [3.8, 4) is 28.7 Å². The van der Waals surface area contributed by atoms with Gasteiger partial charge in [0.05, 0.1) is 23.3 Å². The first-order valence-corrected chi connectivity index (χ1v) is 11.4. The van der Waals surface area contributed by atoms with Crippen molar-refractivity contribution in [1.82, 2.24) is 29.3 Å². The van der Waals surface area contributed by atoms with Gasteiger partial charge < -0.3 is 23.9 Å². The van der Waals surface area contributed by atoms with E-state index in [4.69, 9.17) is 0 Å². The zero-order chi connectivity index (χ0) is 25.0. The molecular formula is C24H21F2N7O3. The number of imidazole rings is 1. The van der Waals surface area contributed by atoms with Gasteiger partial charge in [0.2, 0.25) is 0 Å². The van der Waals surface area contributed by atoms with E-state index in [0.29, 0.717) is 23.1 Å². The van der Waals surface area contributed by atoms with Crippen LogP contribution in [0.2, 0.25) is 0 Å². The van der Waals surface area contributed by atoms with Crippen LogP contribution in [0.5, 0.6) is 11.5 Å². The molecule has 0 radical (unpaired) electrons. The van der Waals surface area contributed by atoms with Gasteiger partial charge in [-0.3, -0.25) is 4.79 Å². The summed E-state index contributed by atoms with van der Waals surface area (Å²) in [4.78, 5) is 22.1. The van der Waals surface area contributed by atoms with Gasteiger partial charge in [0.1, 0.15) is 17.8 Å². The summed E-state index contributed by atoms with van der Waals surface area (Å²) in [5.74, 6) is -0.124. The van der Waals surface area contributed by atoms with Crippen LogP contribution in [0.1, 0.15) is 54.7 Å². The zero-order valence-electron chi connectivity index (χ0n) is 19.4. The van der Waals surface area contributed by atoms with Crippen LogP contribution >= 0.6 is 0 Å². The summed E-state index contributed by atoms with van der Waals surface area (Å²) in [5, 5.41) is 10.7. The number of nitrogens with zero attached hydrogens (tertiary/aromatic N) is 6. The molecule has 2 aliphatic rings. The van der Waals surface area contributed by atoms with Gasteiger partial charge in [-0.1, -0.05) is 6.07 Å². The van der Waals surface area contributed by atoms with Gasteiger partial charge in [0.25, 0.3) is 5.91 Å². The summed E-state index contributed by atoms with van der Waals surface area (Å²) < 4.78 is 40.7. The summed E-state index contributed by atoms with van der Waals surface area (Å²) in [5.41, 5.74) is 1.72. The molecule has 1 fully saturated rings. The summed E-state index contributed by atoms with van der Waals surface area (Å²) in [6, 6.07) is 7.98. The highest BCUT2D eigenvalue weighted by Crippen LogP contribution is 2.45. The topological polar surface area (TPSA) is 109 Å². The number of benzene rings is 1. The van der Waals surface area contributed by atoms with E-state index in [9.17, 15) is 13.6 Å². The fraction of sp³-hybridized carbons (Fsp3) is 0.292. The molecule has 0 saturated heterocycles. The molecule has 36 heavy (non-hydrogen) atoms. The van der Waals surface area contributed by atoms with Crippen LogP contribution < -0.4 is 14.8 Å². The molecule has 0 spiro atoms. The number of aromatic nitrogens is 6. The van der Waals surface area contributed by atoms with Crippen LogP contribution in [0.25, 0.3) is 17.2 Å². The van der Waals surface area contributed by atoms with Crippen molar-refractivity contribution in [2.75, 3.05) is 5.32 Å². The van der Waals surface area contributed by atoms with Gasteiger partial charge >= 0.3 is 6.29 Å². The van der Waals surface area contributed by atoms with Crippen LogP contribution in [-0.4, -0.2) is 41.5 Å². The highest BCUT2D eigenvalue weighted by atomic mass is 19.3. The first kappa shape index (κ1) is 22.1. The van der Waals surface area contributed by atoms with Crippen molar-refractivity contribution in [2.45, 2.75) is 44.9 Å². The van der Waals surface area contributed by atoms with Gasteiger partial charge in [0, 0.05) is 24.2 Å². The monoisotopic (exact) mass is 493 g/mol. The highest BCUT2D eigenvalue weighted by molar-refractivity contribution is 6.07. The second-order valence-corrected chi connectivity index (χ2v) is 8.99. The highest BCUT2D eigenvalue weighted by Gasteiger charge is 2.46. The summed E-state index contributed by atoms with van der Waals surface area (Å²) in [7, 11) is 0. The number of carbonyl (C=O) groups excluding carboxylic acids is 1. The molecular weight excluding hydrogens is 472 g/mol. The number of fused-ring (bicyclic) bond motifs is 1. The maximum absolute atomic E-state index is 13.9. The van der Waals surface area contributed by atoms with Crippen molar-refractivity contribution in [3.05, 3.63) is 60.4 Å². The lowest BCUT2D eigenvalue weighted by Crippen LogP contribution is -2.26. The summed E-state index contributed by atoms with van der Waals surface area (Å²) in [6.45, 7) is 3.97. The Balaban J connectivity index is 1.34. The van der Waals surface area contributed by atoms with Gasteiger partial charge in [-0.25, -0.2) is 9.97 Å². The number of halogens is 2. The minimum absolute atomic E-state index is 0.0998. The van der Waals surface area contributed by atoms with Crippen LogP contribution in [-0.2, 0) is 0 Å². The second-order valence-electron chi connectivity index (χ2n) is 8.99. The standard InChI is InChI=1S/C24H21F2N7O3/c1-13(2)33-12-28-31-22(33)17-4-3-5-20(29-17)30-23(34)16-8-15(9-19-21(16)36-24(25,26)35-19)32-10-18(27-11-32)14-6-7-14/h3-5,8-14H,6-7H2,1-2H3,(H,29,30,34). The number of alkyl halides is 2. The molecule has 4 heterocycles. The van der Waals surface area contributed by atoms with Crippen molar-refractivity contribution < 1.29 is 23.0 Å². The van der Waals surface area contributed by atoms with Crippen molar-refractivity contribution in [2.24, 2.45) is 0 Å². The molecule has 10 nitrogen and oxygen atoms in total. The molecule has 1 aromatic carbocycles. The Morgan fingerprint density at radius 3 is 2.81 bits per heavy atom. The van der Waals surface area contributed by atoms with E-state index in [2.05, 4.69) is 35.0 Å². The van der Waals surface area contributed by atoms with Crippen LogP contribution in [0.15, 0.2) is 49.2 Å². The Bertz CT molecular complexity index is 1480. The Morgan fingerprint density at radius 1 is 1.19 bits per heavy atom. The summed E-state index contributed by atoms with van der Waals surface area (Å²) in [6.07, 6.45) is 3.26. The molecule has 4 aromatic rings. The third-order valence-electron chi connectivity index (χ3n) is 5.98. The van der Waals surface area contributed by atoms with E-state index in [1.165, 1.54) is 12.1 Å². The zero-order valence-corrected chi connectivity index (χ0v) is 19.4. The van der Waals surface area contributed by atoms with E-state index < -0.39 is 12.2 Å². The molecule has 184 valence electrons. The van der Waals surface area contributed by atoms with Crippen molar-refractivity contribution in [1.29, 1.82) is 0 Å². The molecule has 0 atom stereocenters. The van der Waals surface area contributed by atoms with E-state index in [1.807, 2.05) is 24.6 Å². The third kappa shape index (κ3) is 4.04. The minimum atomic E-state index is -3.89. The van der Waals surface area contributed by atoms with Crippen LogP contribution in [0.3, 0.4) is 0 Å². The first-order valence-electron chi connectivity index (χ1n) is 11.4. The number of rotatable bonds is 6. The van der Waals surface area contributed by atoms with E-state index >= 15 is 0 Å². The lowest BCUT2D eigenvalue weighted by molar-refractivity contribution is -0.286. The SMILES string of the molecule is CC(C)n1cnnc1-c1cccc(NC(=O)c2cc(-n3cnc(C4CC4)c3)cc3c2OC(F)(F)O3)n1. The molecule has 12 heteroatoms. The maximum Gasteiger partial charge on any atom is 0.586 e. The Morgan fingerprint density at radius 2 is 2.03 bits per heavy atom. The number of amides is 1. The molecule has 1 amide bonds. The van der Waals surface area contributed by atoms with Gasteiger partial charge in [0.15, 0.2) is 17.3 Å². The number of ether oxygens (including phenoxy) is 2. The number of carbonyl (C=O) groups is 1. The number of pyridine rings is 1. The van der Waals surface area contributed by atoms with E-state index in [0.717, 1.165) is 18.5 Å². The number of nitrogens with one attached hydrogen (secondary N) is 1. The van der Waals surface area contributed by atoms with E-state index in [-0.39, 0.29) is 28.9 Å². The Labute approximate surface area is 203 Å². The molecule has 1 aliphatic heterocycles. The number of hydrogen-bond donors (Lipinski definition) is 1. The Hall–Kier alpha value is -4.35. The molecule has 0 unspecified atom stereocenters. The van der Waals surface area contributed by atoms with Gasteiger partial charge in [-0.2, -0.15) is 0 Å². The fourth-order valence-corrected chi connectivity index (χ4v) is 4.04. The number of anilines is 1. The smallest absolute Gasteiger partial charge is 0.395 e. The third-order valence-corrected chi connectivity index (χ3v) is 5.98. The quantitative estimate of drug-likeness (QED) is 0.419. The molecule has 1 aliphatic carbocycles. The minimum Gasteiger partial charge on any atom is -0.395 e. The van der Waals surface area contributed by atoms with Gasteiger partial charge in [-0.05, 0) is 44.9 Å². The predicted octanol–water partition coefficient (Wildman–Crippen LogP) is 4.56. The number of hydrogen-bond acceptors (Lipinski definition) is 7. The predicted molar refractivity (Wildman–Crippen MR) is 123 cm³/mol. The largest absolute Gasteiger partial charge is 0.586 e. The van der Waals surface area contributed by atoms with Crippen molar-refractivity contribution in [3.63, 3.8) is 0 Å². The lowest BCUT2D eigenvalue weighted by atomic mass is 10.1. The summed E-state index contributed by atoms with van der Waals surface area (Å²) >= 11 is 0. The van der Waals surface area contributed by atoms with Crippen LogP contribution in [0, 0.1) is 0 Å². The molecule has 6 rings (SSSR count). The molecule has 0 bridgehead atoms. The van der Waals surface area contributed by atoms with Crippen LogP contribution in [0.4, 0.5) is 14.6 Å². The van der Waals surface area contributed by atoms with Crippen molar-refractivity contribution >= 4 is 11.7 Å². The molecule has 1 N–H and O–H groups in total. The average Bonchev–Trinajstić information content (AvgIpc) is 3.24. The average molecular weight is 493 g/mol. The fourth-order valence-electron chi connectivity index (χ4n) is 4.04. The Kier molecular flexibility index (Phi) is 4.99. The first-order chi connectivity index (χ1) is 17.3. The van der Waals surface area contributed by atoms with Gasteiger partial charge in [-0.15, -0.1) is 19.0 Å². The second kappa shape index (κ2) is 8.11. The lowest BCUT2D eigenvalue weighted by Gasteiger charge is -2.12. The van der Waals surface area contributed by atoms with E-state index in [1.54, 1.807) is 35.4 Å². The normalized spacial score (nSPS) is 15.9. The molecule has 1 saturated carbocycles. The molecule has 3 aromatic heterocycles. The maximum atomic E-state index is 13.9.